The van der Waals surface area contributed by atoms with Crippen LogP contribution < -0.4 is 10.2 Å². The average Bonchev–Trinajstić information content (AvgIpc) is 3.23. The molecule has 25 heavy (non-hydrogen) atoms. The van der Waals surface area contributed by atoms with Gasteiger partial charge in [0.05, 0.1) is 0 Å². The fourth-order valence-electron chi connectivity index (χ4n) is 3.37. The minimum absolute atomic E-state index is 0.0213. The molecular formula is C17H22N6O2. The number of fused-ring (bicyclic) bond motifs is 2. The molecule has 0 saturated carbocycles. The first-order valence-corrected chi connectivity index (χ1v) is 8.51. The van der Waals surface area contributed by atoms with Crippen LogP contribution in [-0.4, -0.2) is 72.3 Å². The van der Waals surface area contributed by atoms with E-state index in [-0.39, 0.29) is 6.03 Å². The summed E-state index contributed by atoms with van der Waals surface area (Å²) in [5.41, 5.74) is 1.59. The van der Waals surface area contributed by atoms with E-state index in [9.17, 15) is 4.79 Å². The number of hydrogen-bond acceptors (Lipinski definition) is 6. The summed E-state index contributed by atoms with van der Waals surface area (Å²) in [6.45, 7) is 3.86. The van der Waals surface area contributed by atoms with Gasteiger partial charge in [-0.05, 0) is 30.7 Å². The fourth-order valence-corrected chi connectivity index (χ4v) is 3.37. The van der Waals surface area contributed by atoms with Crippen LogP contribution in [0.1, 0.15) is 6.42 Å². The molecule has 0 radical (unpaired) electrons. The second kappa shape index (κ2) is 6.36. The first-order chi connectivity index (χ1) is 12.1. The summed E-state index contributed by atoms with van der Waals surface area (Å²) in [5.74, 6) is 0.462. The van der Waals surface area contributed by atoms with E-state index in [1.54, 1.807) is 4.90 Å². The number of anilines is 2. The molecule has 2 atom stereocenters. The Hall–Kier alpha value is -2.61. The van der Waals surface area contributed by atoms with Crippen LogP contribution in [0.3, 0.4) is 0 Å². The van der Waals surface area contributed by atoms with Crippen molar-refractivity contribution in [1.29, 1.82) is 0 Å². The van der Waals surface area contributed by atoms with Crippen LogP contribution in [0.5, 0.6) is 0 Å². The zero-order chi connectivity index (χ0) is 17.4. The number of hydrogen-bond donors (Lipinski definition) is 1. The Morgan fingerprint density at radius 3 is 2.72 bits per heavy atom. The van der Waals surface area contributed by atoms with Gasteiger partial charge < -0.3 is 19.5 Å². The molecule has 3 heterocycles. The van der Waals surface area contributed by atoms with Crippen LogP contribution in [-0.2, 0) is 0 Å². The molecule has 8 heteroatoms. The molecule has 1 aromatic heterocycles. The molecular weight excluding hydrogens is 320 g/mol. The van der Waals surface area contributed by atoms with E-state index in [0.29, 0.717) is 17.9 Å². The lowest BCUT2D eigenvalue weighted by Gasteiger charge is -2.34. The van der Waals surface area contributed by atoms with Crippen LogP contribution in [0.25, 0.3) is 11.5 Å². The van der Waals surface area contributed by atoms with Gasteiger partial charge in [-0.15, -0.1) is 5.10 Å². The average molecular weight is 342 g/mol. The number of carbonyl (C=O) groups excluding carboxylic acids is 1. The molecule has 2 saturated heterocycles. The van der Waals surface area contributed by atoms with E-state index < -0.39 is 0 Å². The number of amides is 2. The minimum Gasteiger partial charge on any atom is -0.403 e. The highest BCUT2D eigenvalue weighted by atomic mass is 16.4. The lowest BCUT2D eigenvalue weighted by Crippen LogP contribution is -2.50. The molecule has 8 nitrogen and oxygen atoms in total. The van der Waals surface area contributed by atoms with Gasteiger partial charge in [-0.3, -0.25) is 4.90 Å². The quantitative estimate of drug-likeness (QED) is 0.915. The summed E-state index contributed by atoms with van der Waals surface area (Å²) in [7, 11) is 3.69. The number of nitrogens with zero attached hydrogens (tertiary/aromatic N) is 5. The van der Waals surface area contributed by atoms with Crippen LogP contribution >= 0.6 is 0 Å². The number of urea groups is 1. The molecule has 4 rings (SSSR count). The van der Waals surface area contributed by atoms with Crippen molar-refractivity contribution in [1.82, 2.24) is 20.0 Å². The zero-order valence-electron chi connectivity index (χ0n) is 14.5. The third-order valence-corrected chi connectivity index (χ3v) is 4.79. The summed E-state index contributed by atoms with van der Waals surface area (Å²) < 4.78 is 5.58. The Balaban J connectivity index is 1.42. The lowest BCUT2D eigenvalue weighted by atomic mass is 10.2. The smallest absolute Gasteiger partial charge is 0.322 e. The highest BCUT2D eigenvalue weighted by Gasteiger charge is 2.35. The number of rotatable bonds is 3. The van der Waals surface area contributed by atoms with Crippen molar-refractivity contribution in [3.63, 3.8) is 0 Å². The van der Waals surface area contributed by atoms with Gasteiger partial charge in [-0.25, -0.2) is 4.79 Å². The van der Waals surface area contributed by atoms with Gasteiger partial charge in [0, 0.05) is 57.6 Å². The van der Waals surface area contributed by atoms with E-state index >= 15 is 0 Å². The molecule has 2 aromatic rings. The van der Waals surface area contributed by atoms with E-state index in [1.807, 2.05) is 43.3 Å². The molecule has 1 aromatic carbocycles. The zero-order valence-corrected chi connectivity index (χ0v) is 14.5. The first-order valence-electron chi connectivity index (χ1n) is 8.51. The van der Waals surface area contributed by atoms with E-state index in [1.165, 1.54) is 0 Å². The molecule has 2 fully saturated rings. The van der Waals surface area contributed by atoms with Gasteiger partial charge in [0.25, 0.3) is 0 Å². The molecule has 2 aliphatic rings. The van der Waals surface area contributed by atoms with Crippen LogP contribution in [0.4, 0.5) is 16.5 Å². The third-order valence-electron chi connectivity index (χ3n) is 4.79. The summed E-state index contributed by atoms with van der Waals surface area (Å²) in [6.07, 6.45) is 1.07. The summed E-state index contributed by atoms with van der Waals surface area (Å²) >= 11 is 0. The summed E-state index contributed by atoms with van der Waals surface area (Å²) in [4.78, 5) is 18.7. The number of nitrogens with one attached hydrogen (secondary N) is 1. The van der Waals surface area contributed by atoms with Crippen molar-refractivity contribution >= 4 is 17.7 Å². The highest BCUT2D eigenvalue weighted by molar-refractivity contribution is 5.90. The summed E-state index contributed by atoms with van der Waals surface area (Å²) in [6, 6.07) is 8.24. The minimum atomic E-state index is -0.0213. The van der Waals surface area contributed by atoms with Crippen molar-refractivity contribution < 1.29 is 9.21 Å². The Morgan fingerprint density at radius 2 is 2.00 bits per heavy atom. The second-order valence-corrected chi connectivity index (χ2v) is 6.73. The highest BCUT2D eigenvalue weighted by Crippen LogP contribution is 2.24. The maximum absolute atomic E-state index is 12.5. The predicted octanol–water partition coefficient (Wildman–Crippen LogP) is 1.72. The second-order valence-electron chi connectivity index (χ2n) is 6.73. The maximum Gasteiger partial charge on any atom is 0.322 e. The Labute approximate surface area is 146 Å². The van der Waals surface area contributed by atoms with Gasteiger partial charge in [0.1, 0.15) is 0 Å². The van der Waals surface area contributed by atoms with Crippen molar-refractivity contribution in [2.45, 2.75) is 12.5 Å². The molecule has 0 aliphatic carbocycles. The Kier molecular flexibility index (Phi) is 4.04. The summed E-state index contributed by atoms with van der Waals surface area (Å²) in [5, 5.41) is 11.0. The molecule has 0 spiro atoms. The van der Waals surface area contributed by atoms with E-state index in [4.69, 9.17) is 4.42 Å². The molecule has 2 amide bonds. The van der Waals surface area contributed by atoms with Gasteiger partial charge in [0.15, 0.2) is 0 Å². The number of benzene rings is 1. The topological polar surface area (TPSA) is 77.7 Å². The Morgan fingerprint density at radius 1 is 1.20 bits per heavy atom. The van der Waals surface area contributed by atoms with Crippen LogP contribution in [0, 0.1) is 0 Å². The first kappa shape index (κ1) is 15.9. The molecule has 132 valence electrons. The van der Waals surface area contributed by atoms with E-state index in [0.717, 1.165) is 43.9 Å². The van der Waals surface area contributed by atoms with Crippen molar-refractivity contribution in [3.8, 4) is 11.5 Å². The number of carbonyl (C=O) groups is 1. The van der Waals surface area contributed by atoms with Gasteiger partial charge >= 0.3 is 12.0 Å². The SMILES string of the molecule is CN(C)c1nnc(-c2ccc(NC(=O)N3CCN4CCC3C4)cc2)o1. The monoisotopic (exact) mass is 342 g/mol. The Bertz CT molecular complexity index is 757. The van der Waals surface area contributed by atoms with E-state index in [2.05, 4.69) is 20.4 Å². The van der Waals surface area contributed by atoms with Crippen molar-refractivity contribution in [2.24, 2.45) is 0 Å². The number of aromatic nitrogens is 2. The standard InChI is InChI=1S/C17H22N6O2/c1-21(2)17-20-19-15(25-17)12-3-5-13(6-4-12)18-16(24)23-10-9-22-8-7-14(23)11-22/h3-6,14H,7-11H2,1-2H3,(H,18,24). The fraction of sp³-hybridized carbons (Fsp3) is 0.471. The largest absolute Gasteiger partial charge is 0.403 e. The molecule has 2 unspecified atom stereocenters. The predicted molar refractivity (Wildman–Crippen MR) is 94.6 cm³/mol. The van der Waals surface area contributed by atoms with Crippen molar-refractivity contribution in [3.05, 3.63) is 24.3 Å². The number of piperazine rings is 1. The lowest BCUT2D eigenvalue weighted by molar-refractivity contribution is 0.153. The van der Waals surface area contributed by atoms with Gasteiger partial charge in [0.2, 0.25) is 5.89 Å². The van der Waals surface area contributed by atoms with Gasteiger partial charge in [-0.2, -0.15) is 0 Å². The van der Waals surface area contributed by atoms with Crippen LogP contribution in [0.2, 0.25) is 0 Å². The molecule has 1 N–H and O–H groups in total. The van der Waals surface area contributed by atoms with Gasteiger partial charge in [-0.1, -0.05) is 5.10 Å². The van der Waals surface area contributed by atoms with Crippen LogP contribution in [0.15, 0.2) is 28.7 Å². The third kappa shape index (κ3) is 3.17. The normalized spacial score (nSPS) is 22.1. The molecule has 2 bridgehead atoms. The van der Waals surface area contributed by atoms with Crippen molar-refractivity contribution in [2.75, 3.05) is 50.5 Å². The molecule has 2 aliphatic heterocycles. The maximum atomic E-state index is 12.5.